The van der Waals surface area contributed by atoms with Crippen molar-refractivity contribution in [2.45, 2.75) is 88.7 Å². The largest absolute Gasteiger partial charge is 0.491 e. The quantitative estimate of drug-likeness (QED) is 0.747. The van der Waals surface area contributed by atoms with E-state index < -0.39 is 6.10 Å². The highest BCUT2D eigenvalue weighted by atomic mass is 16.5. The molecule has 1 atom stereocenters. The summed E-state index contributed by atoms with van der Waals surface area (Å²) in [4.78, 5) is 0. The van der Waals surface area contributed by atoms with Crippen LogP contribution in [0.2, 0.25) is 0 Å². The smallest absolute Gasteiger partial charge is 0.122 e. The Hall–Kier alpha value is -1.06. The van der Waals surface area contributed by atoms with Crippen molar-refractivity contribution in [2.24, 2.45) is 0 Å². The van der Waals surface area contributed by atoms with E-state index in [9.17, 15) is 5.11 Å². The zero-order valence-electron chi connectivity index (χ0n) is 15.6. The number of para-hydroxylation sites is 1. The van der Waals surface area contributed by atoms with Crippen LogP contribution in [0.5, 0.6) is 5.75 Å². The van der Waals surface area contributed by atoms with E-state index in [1.807, 2.05) is 6.07 Å². The molecule has 0 spiro atoms. The van der Waals surface area contributed by atoms with Gasteiger partial charge in [0, 0.05) is 12.6 Å². The summed E-state index contributed by atoms with van der Waals surface area (Å²) in [6.45, 7) is 1.01. The molecule has 2 fully saturated rings. The average Bonchev–Trinajstić information content (AvgIpc) is 3.14. The van der Waals surface area contributed by atoms with Gasteiger partial charge in [-0.15, -0.1) is 0 Å². The van der Waals surface area contributed by atoms with E-state index in [2.05, 4.69) is 23.5 Å². The van der Waals surface area contributed by atoms with Gasteiger partial charge in [0.25, 0.3) is 0 Å². The summed E-state index contributed by atoms with van der Waals surface area (Å²) in [7, 11) is 0. The molecule has 1 aromatic carbocycles. The summed E-state index contributed by atoms with van der Waals surface area (Å²) in [6, 6.07) is 8.97. The predicted octanol–water partition coefficient (Wildman–Crippen LogP) is 4.79. The number of nitrogens with one attached hydrogen (secondary N) is 1. The third kappa shape index (κ3) is 6.00. The van der Waals surface area contributed by atoms with E-state index in [1.54, 1.807) is 0 Å². The van der Waals surface area contributed by atoms with Crippen molar-refractivity contribution in [3.05, 3.63) is 29.8 Å². The maximum Gasteiger partial charge on any atom is 0.122 e. The minimum absolute atomic E-state index is 0.378. The van der Waals surface area contributed by atoms with Gasteiger partial charge in [0.1, 0.15) is 18.5 Å². The van der Waals surface area contributed by atoms with Gasteiger partial charge >= 0.3 is 0 Å². The first-order valence-electron chi connectivity index (χ1n) is 10.5. The van der Waals surface area contributed by atoms with Gasteiger partial charge in [0.15, 0.2) is 0 Å². The lowest BCUT2D eigenvalue weighted by atomic mass is 9.96. The maximum absolute atomic E-state index is 10.3. The normalized spacial score (nSPS) is 21.6. The predicted molar refractivity (Wildman–Crippen MR) is 103 cm³/mol. The van der Waals surface area contributed by atoms with Crippen LogP contribution < -0.4 is 10.1 Å². The highest BCUT2D eigenvalue weighted by Gasteiger charge is 2.21. The zero-order valence-corrected chi connectivity index (χ0v) is 15.6. The SMILES string of the molecule is OC(CNC1CCCCCCC1)COc1ccccc1C1CCCC1. The second kappa shape index (κ2) is 10.2. The van der Waals surface area contributed by atoms with Gasteiger partial charge < -0.3 is 15.2 Å². The summed E-state index contributed by atoms with van der Waals surface area (Å²) < 4.78 is 6.01. The maximum atomic E-state index is 10.3. The Labute approximate surface area is 153 Å². The molecule has 2 aliphatic carbocycles. The number of ether oxygens (including phenoxy) is 1. The van der Waals surface area contributed by atoms with Gasteiger partial charge in [0.05, 0.1) is 0 Å². The lowest BCUT2D eigenvalue weighted by Crippen LogP contribution is -2.38. The molecule has 2 saturated carbocycles. The number of rotatable bonds is 7. The first kappa shape index (κ1) is 18.7. The zero-order chi connectivity index (χ0) is 17.3. The van der Waals surface area contributed by atoms with Crippen molar-refractivity contribution < 1.29 is 9.84 Å². The molecule has 0 bridgehead atoms. The minimum Gasteiger partial charge on any atom is -0.491 e. The second-order valence-corrected chi connectivity index (χ2v) is 7.93. The van der Waals surface area contributed by atoms with Gasteiger partial charge in [-0.05, 0) is 43.2 Å². The molecule has 0 radical (unpaired) electrons. The van der Waals surface area contributed by atoms with Crippen LogP contribution in [0.25, 0.3) is 0 Å². The second-order valence-electron chi connectivity index (χ2n) is 7.93. The molecule has 0 aromatic heterocycles. The van der Waals surface area contributed by atoms with Crippen molar-refractivity contribution in [1.29, 1.82) is 0 Å². The molecular weight excluding hydrogens is 310 g/mol. The molecule has 0 saturated heterocycles. The Morgan fingerprint density at radius 1 is 0.920 bits per heavy atom. The minimum atomic E-state index is -0.443. The fourth-order valence-electron chi connectivity index (χ4n) is 4.39. The molecule has 3 nitrogen and oxygen atoms in total. The number of hydrogen-bond acceptors (Lipinski definition) is 3. The average molecular weight is 346 g/mol. The van der Waals surface area contributed by atoms with E-state index in [-0.39, 0.29) is 0 Å². The summed E-state index contributed by atoms with van der Waals surface area (Å²) in [5, 5.41) is 13.9. The van der Waals surface area contributed by atoms with Gasteiger partial charge in [-0.3, -0.25) is 0 Å². The highest BCUT2D eigenvalue weighted by Crippen LogP contribution is 2.38. The van der Waals surface area contributed by atoms with Gasteiger partial charge in [0.2, 0.25) is 0 Å². The Balaban J connectivity index is 1.43. The number of benzene rings is 1. The fourth-order valence-corrected chi connectivity index (χ4v) is 4.39. The Kier molecular flexibility index (Phi) is 7.62. The standard InChI is InChI=1S/C22H35NO2/c24-20(16-23-19-12-4-2-1-3-5-13-19)17-25-22-15-9-8-14-21(22)18-10-6-7-11-18/h8-9,14-15,18-20,23-24H,1-7,10-13,16-17H2. The van der Waals surface area contributed by atoms with E-state index in [1.165, 1.54) is 76.2 Å². The fraction of sp³-hybridized carbons (Fsp3) is 0.727. The van der Waals surface area contributed by atoms with Crippen LogP contribution >= 0.6 is 0 Å². The molecule has 25 heavy (non-hydrogen) atoms. The molecule has 3 heteroatoms. The third-order valence-corrected chi connectivity index (χ3v) is 5.89. The van der Waals surface area contributed by atoms with Crippen molar-refractivity contribution in [3.63, 3.8) is 0 Å². The van der Waals surface area contributed by atoms with Crippen LogP contribution in [-0.4, -0.2) is 30.4 Å². The van der Waals surface area contributed by atoms with Crippen LogP contribution in [0.15, 0.2) is 24.3 Å². The van der Waals surface area contributed by atoms with Gasteiger partial charge in [-0.1, -0.05) is 63.1 Å². The molecular formula is C22H35NO2. The summed E-state index contributed by atoms with van der Waals surface area (Å²) in [6.07, 6.45) is 14.0. The van der Waals surface area contributed by atoms with E-state index in [0.717, 1.165) is 5.75 Å². The van der Waals surface area contributed by atoms with Gasteiger partial charge in [-0.25, -0.2) is 0 Å². The molecule has 1 aromatic rings. The topological polar surface area (TPSA) is 41.5 Å². The van der Waals surface area contributed by atoms with Crippen molar-refractivity contribution in [3.8, 4) is 5.75 Å². The first-order chi connectivity index (χ1) is 12.3. The van der Waals surface area contributed by atoms with E-state index in [4.69, 9.17) is 4.74 Å². The molecule has 0 amide bonds. The lowest BCUT2D eigenvalue weighted by Gasteiger charge is -2.23. The van der Waals surface area contributed by atoms with Crippen molar-refractivity contribution in [1.82, 2.24) is 5.32 Å². The number of aliphatic hydroxyl groups excluding tert-OH is 1. The molecule has 2 aliphatic rings. The number of hydrogen-bond donors (Lipinski definition) is 2. The summed E-state index contributed by atoms with van der Waals surface area (Å²) in [5.41, 5.74) is 1.33. The molecule has 140 valence electrons. The van der Waals surface area contributed by atoms with Crippen molar-refractivity contribution >= 4 is 0 Å². The molecule has 3 rings (SSSR count). The van der Waals surface area contributed by atoms with Crippen LogP contribution in [0.4, 0.5) is 0 Å². The Morgan fingerprint density at radius 3 is 2.32 bits per heavy atom. The molecule has 2 N–H and O–H groups in total. The highest BCUT2D eigenvalue weighted by molar-refractivity contribution is 5.36. The molecule has 1 unspecified atom stereocenters. The van der Waals surface area contributed by atoms with Crippen LogP contribution in [-0.2, 0) is 0 Å². The molecule has 0 heterocycles. The van der Waals surface area contributed by atoms with Gasteiger partial charge in [-0.2, -0.15) is 0 Å². The monoisotopic (exact) mass is 345 g/mol. The van der Waals surface area contributed by atoms with Crippen LogP contribution in [0, 0.1) is 0 Å². The van der Waals surface area contributed by atoms with Crippen molar-refractivity contribution in [2.75, 3.05) is 13.2 Å². The summed E-state index contributed by atoms with van der Waals surface area (Å²) >= 11 is 0. The number of aliphatic hydroxyl groups is 1. The lowest BCUT2D eigenvalue weighted by molar-refractivity contribution is 0.101. The van der Waals surface area contributed by atoms with E-state index >= 15 is 0 Å². The van der Waals surface area contributed by atoms with E-state index in [0.29, 0.717) is 25.1 Å². The van der Waals surface area contributed by atoms with Crippen LogP contribution in [0.1, 0.15) is 82.1 Å². The van der Waals surface area contributed by atoms with Crippen LogP contribution in [0.3, 0.4) is 0 Å². The third-order valence-electron chi connectivity index (χ3n) is 5.89. The first-order valence-corrected chi connectivity index (χ1v) is 10.5. The molecule has 0 aliphatic heterocycles. The summed E-state index contributed by atoms with van der Waals surface area (Å²) in [5.74, 6) is 1.61. The Morgan fingerprint density at radius 2 is 1.56 bits per heavy atom. The Bertz CT molecular complexity index is 491.